The summed E-state index contributed by atoms with van der Waals surface area (Å²) in [6, 6.07) is 3.56. The van der Waals surface area contributed by atoms with E-state index in [-0.39, 0.29) is 0 Å². The largest absolute Gasteiger partial charge is 0.235 e. The minimum Gasteiger partial charge on any atom is -0.235 e. The average molecular weight is 234 g/mol. The fourth-order valence-corrected chi connectivity index (χ4v) is 2.59. The Morgan fingerprint density at radius 2 is 2.33 bits per heavy atom. The van der Waals surface area contributed by atoms with E-state index in [4.69, 9.17) is 5.26 Å². The lowest BCUT2D eigenvalue weighted by molar-refractivity contribution is 0.950. The fourth-order valence-electron chi connectivity index (χ4n) is 0.910. The van der Waals surface area contributed by atoms with Crippen molar-refractivity contribution in [3.8, 4) is 6.07 Å². The maximum absolute atomic E-state index is 8.67. The van der Waals surface area contributed by atoms with Crippen LogP contribution in [-0.4, -0.2) is 15.0 Å². The molecule has 2 heterocycles. The van der Waals surface area contributed by atoms with Gasteiger partial charge in [0.2, 0.25) is 0 Å². The smallest absolute Gasteiger partial charge is 0.195 e. The number of hydrogen-bond donors (Lipinski definition) is 0. The Morgan fingerprint density at radius 1 is 1.47 bits per heavy atom. The Balaban J connectivity index is 2.21. The van der Waals surface area contributed by atoms with Crippen molar-refractivity contribution in [2.24, 2.45) is 0 Å². The minimum absolute atomic E-state index is 0.376. The molecule has 0 spiro atoms. The van der Waals surface area contributed by atoms with Crippen LogP contribution >= 0.6 is 23.1 Å². The van der Waals surface area contributed by atoms with Crippen molar-refractivity contribution in [3.63, 3.8) is 0 Å². The van der Waals surface area contributed by atoms with Crippen LogP contribution in [0.25, 0.3) is 0 Å². The Hall–Kier alpha value is -1.45. The van der Waals surface area contributed by atoms with E-state index in [1.807, 2.05) is 18.4 Å². The second kappa shape index (κ2) is 4.38. The van der Waals surface area contributed by atoms with E-state index in [0.717, 1.165) is 10.0 Å². The molecule has 6 heteroatoms. The van der Waals surface area contributed by atoms with Crippen molar-refractivity contribution in [1.29, 1.82) is 5.26 Å². The third-order valence-corrected chi connectivity index (χ3v) is 3.46. The third kappa shape index (κ3) is 2.52. The van der Waals surface area contributed by atoms with E-state index in [0.29, 0.717) is 10.9 Å². The molecule has 0 unspecified atom stereocenters. The van der Waals surface area contributed by atoms with Gasteiger partial charge in [0.15, 0.2) is 9.50 Å². The molecular formula is C9H6N4S2. The quantitative estimate of drug-likeness (QED) is 0.746. The molecule has 0 aliphatic carbocycles. The molecule has 0 saturated heterocycles. The molecule has 0 N–H and O–H groups in total. The van der Waals surface area contributed by atoms with E-state index < -0.39 is 0 Å². The molecule has 0 atom stereocenters. The van der Waals surface area contributed by atoms with Crippen LogP contribution in [0.3, 0.4) is 0 Å². The molecule has 74 valence electrons. The van der Waals surface area contributed by atoms with E-state index in [1.165, 1.54) is 11.8 Å². The van der Waals surface area contributed by atoms with Crippen molar-refractivity contribution >= 4 is 23.1 Å². The molecule has 0 fully saturated rings. The van der Waals surface area contributed by atoms with Crippen LogP contribution in [0.1, 0.15) is 11.4 Å². The molecule has 2 aromatic rings. The molecule has 0 radical (unpaired) electrons. The summed E-state index contributed by atoms with van der Waals surface area (Å²) < 4.78 is 0.891. The van der Waals surface area contributed by atoms with Crippen molar-refractivity contribution < 1.29 is 0 Å². The summed E-state index contributed by atoms with van der Waals surface area (Å²) >= 11 is 2.92. The SMILES string of the molecule is Cc1csc(Sc2nccc(C#N)n2)n1. The van der Waals surface area contributed by atoms with Gasteiger partial charge in [-0.15, -0.1) is 11.3 Å². The van der Waals surface area contributed by atoms with Gasteiger partial charge in [-0.05, 0) is 24.8 Å². The summed E-state index contributed by atoms with van der Waals surface area (Å²) in [6.07, 6.45) is 1.58. The molecule has 15 heavy (non-hydrogen) atoms. The molecule has 2 aromatic heterocycles. The lowest BCUT2D eigenvalue weighted by Gasteiger charge is -1.94. The molecule has 0 saturated carbocycles. The molecule has 0 aromatic carbocycles. The summed E-state index contributed by atoms with van der Waals surface area (Å²) in [4.78, 5) is 12.4. The highest BCUT2D eigenvalue weighted by molar-refractivity contribution is 8.00. The lowest BCUT2D eigenvalue weighted by Crippen LogP contribution is -1.88. The maximum atomic E-state index is 8.67. The van der Waals surface area contributed by atoms with Crippen LogP contribution in [0.5, 0.6) is 0 Å². The van der Waals surface area contributed by atoms with Crippen LogP contribution in [0, 0.1) is 18.3 Å². The van der Waals surface area contributed by atoms with Gasteiger partial charge in [-0.2, -0.15) is 5.26 Å². The summed E-state index contributed by atoms with van der Waals surface area (Å²) in [5.74, 6) is 0. The molecule has 2 rings (SSSR count). The van der Waals surface area contributed by atoms with Crippen molar-refractivity contribution in [2.75, 3.05) is 0 Å². The summed E-state index contributed by atoms with van der Waals surface area (Å²) in [7, 11) is 0. The van der Waals surface area contributed by atoms with Crippen LogP contribution < -0.4 is 0 Å². The first kappa shape index (κ1) is 10.1. The van der Waals surface area contributed by atoms with Gasteiger partial charge in [-0.3, -0.25) is 0 Å². The minimum atomic E-state index is 0.376. The number of hydrogen-bond acceptors (Lipinski definition) is 6. The van der Waals surface area contributed by atoms with E-state index in [9.17, 15) is 0 Å². The summed E-state index contributed by atoms with van der Waals surface area (Å²) in [6.45, 7) is 1.94. The van der Waals surface area contributed by atoms with Gasteiger partial charge in [-0.1, -0.05) is 0 Å². The van der Waals surface area contributed by atoms with Gasteiger partial charge in [0.05, 0.1) is 0 Å². The first-order chi connectivity index (χ1) is 7.28. The standard InChI is InChI=1S/C9H6N4S2/c1-6-5-14-9(12-6)15-8-11-3-2-7(4-10)13-8/h2-3,5H,1H3. The van der Waals surface area contributed by atoms with Gasteiger partial charge in [0.1, 0.15) is 11.8 Å². The Morgan fingerprint density at radius 3 is 3.00 bits per heavy atom. The van der Waals surface area contributed by atoms with E-state index in [1.54, 1.807) is 23.6 Å². The van der Waals surface area contributed by atoms with E-state index >= 15 is 0 Å². The number of thiazole rings is 1. The Kier molecular flexibility index (Phi) is 2.94. The van der Waals surface area contributed by atoms with Gasteiger partial charge in [0.25, 0.3) is 0 Å². The Labute approximate surface area is 95.0 Å². The highest BCUT2D eigenvalue weighted by Gasteiger charge is 2.04. The molecule has 0 aliphatic rings. The number of nitriles is 1. The Bertz CT molecular complexity index is 515. The van der Waals surface area contributed by atoms with Crippen molar-refractivity contribution in [3.05, 3.63) is 29.0 Å². The fraction of sp³-hybridized carbons (Fsp3) is 0.111. The molecular weight excluding hydrogens is 228 g/mol. The molecule has 0 amide bonds. The normalized spacial score (nSPS) is 9.87. The number of aryl methyl sites for hydroxylation is 1. The molecule has 4 nitrogen and oxygen atoms in total. The number of nitrogens with zero attached hydrogens (tertiary/aromatic N) is 4. The van der Waals surface area contributed by atoms with Crippen LogP contribution in [0.2, 0.25) is 0 Å². The van der Waals surface area contributed by atoms with E-state index in [2.05, 4.69) is 15.0 Å². The average Bonchev–Trinajstić information content (AvgIpc) is 2.64. The summed E-state index contributed by atoms with van der Waals surface area (Å²) in [5.41, 5.74) is 1.36. The summed E-state index contributed by atoms with van der Waals surface area (Å²) in [5, 5.41) is 11.2. The predicted molar refractivity (Wildman–Crippen MR) is 57.7 cm³/mol. The third-order valence-electron chi connectivity index (χ3n) is 1.52. The molecule has 0 aliphatic heterocycles. The second-order valence-corrected chi connectivity index (χ2v) is 4.77. The number of rotatable bonds is 2. The van der Waals surface area contributed by atoms with Crippen molar-refractivity contribution in [1.82, 2.24) is 15.0 Å². The van der Waals surface area contributed by atoms with Gasteiger partial charge in [-0.25, -0.2) is 15.0 Å². The predicted octanol–water partition coefficient (Wildman–Crippen LogP) is 2.26. The monoisotopic (exact) mass is 234 g/mol. The van der Waals surface area contributed by atoms with Gasteiger partial charge < -0.3 is 0 Å². The molecule has 0 bridgehead atoms. The van der Waals surface area contributed by atoms with Crippen LogP contribution in [0.4, 0.5) is 0 Å². The zero-order valence-electron chi connectivity index (χ0n) is 7.84. The van der Waals surface area contributed by atoms with Gasteiger partial charge >= 0.3 is 0 Å². The topological polar surface area (TPSA) is 62.5 Å². The number of aromatic nitrogens is 3. The first-order valence-electron chi connectivity index (χ1n) is 4.11. The lowest BCUT2D eigenvalue weighted by atomic mass is 10.5. The second-order valence-electron chi connectivity index (χ2n) is 2.69. The van der Waals surface area contributed by atoms with Gasteiger partial charge in [0, 0.05) is 17.3 Å². The van der Waals surface area contributed by atoms with Crippen LogP contribution in [-0.2, 0) is 0 Å². The maximum Gasteiger partial charge on any atom is 0.195 e. The zero-order chi connectivity index (χ0) is 10.7. The zero-order valence-corrected chi connectivity index (χ0v) is 9.47. The highest BCUT2D eigenvalue weighted by Crippen LogP contribution is 2.27. The first-order valence-corrected chi connectivity index (χ1v) is 5.80. The van der Waals surface area contributed by atoms with Crippen LogP contribution in [0.15, 0.2) is 27.1 Å². The van der Waals surface area contributed by atoms with Crippen molar-refractivity contribution in [2.45, 2.75) is 16.4 Å². The highest BCUT2D eigenvalue weighted by atomic mass is 32.2.